The molecule has 0 saturated carbocycles. The van der Waals surface area contributed by atoms with Crippen molar-refractivity contribution in [3.8, 4) is 0 Å². The lowest BCUT2D eigenvalue weighted by molar-refractivity contribution is -0.136. The molecule has 4 heteroatoms. The zero-order valence-electron chi connectivity index (χ0n) is 7.16. The molecule has 0 bridgehead atoms. The molecule has 0 unspecified atom stereocenters. The third-order valence-electron chi connectivity index (χ3n) is 1.97. The van der Waals surface area contributed by atoms with Crippen molar-refractivity contribution >= 4 is 39.0 Å². The molecule has 0 fully saturated rings. The number of carboxylic acid groups (broad SMARTS) is 1. The predicted octanol–water partition coefficient (Wildman–Crippen LogP) is 3.18. The molecular weight excluding hydrogens is 220 g/mol. The van der Waals surface area contributed by atoms with Gasteiger partial charge < -0.3 is 5.11 Å². The molecule has 14 heavy (non-hydrogen) atoms. The summed E-state index contributed by atoms with van der Waals surface area (Å²) in [5.41, 5.74) is 0.795. The fourth-order valence-corrected chi connectivity index (χ4v) is 2.74. The summed E-state index contributed by atoms with van der Waals surface area (Å²) in [6.07, 6.45) is 0.0315. The smallest absolute Gasteiger partial charge is 0.307 e. The predicted molar refractivity (Wildman–Crippen MR) is 58.2 cm³/mol. The molecule has 0 radical (unpaired) electrons. The second-order valence-corrected chi connectivity index (χ2v) is 4.26. The highest BCUT2D eigenvalue weighted by atomic mass is 35.5. The minimum absolute atomic E-state index is 0.0315. The van der Waals surface area contributed by atoms with Gasteiger partial charge in [0.25, 0.3) is 0 Å². The maximum absolute atomic E-state index is 10.6. The van der Waals surface area contributed by atoms with Crippen LogP contribution in [0.3, 0.4) is 0 Å². The lowest BCUT2D eigenvalue weighted by atomic mass is 10.1. The molecule has 1 heterocycles. The quantitative estimate of drug-likeness (QED) is 0.854. The first kappa shape index (κ1) is 9.49. The van der Waals surface area contributed by atoms with Gasteiger partial charge in [-0.3, -0.25) is 4.79 Å². The van der Waals surface area contributed by atoms with Gasteiger partial charge in [0.15, 0.2) is 0 Å². The van der Waals surface area contributed by atoms with Crippen molar-refractivity contribution < 1.29 is 9.90 Å². The van der Waals surface area contributed by atoms with Crippen LogP contribution in [-0.4, -0.2) is 11.1 Å². The molecule has 2 rings (SSSR count). The molecule has 0 spiro atoms. The Labute approximate surface area is 89.7 Å². The summed E-state index contributed by atoms with van der Waals surface area (Å²) in [7, 11) is 0. The zero-order chi connectivity index (χ0) is 10.1. The molecule has 1 aromatic carbocycles. The van der Waals surface area contributed by atoms with Crippen LogP contribution in [0.15, 0.2) is 23.6 Å². The first-order valence-corrected chi connectivity index (χ1v) is 5.30. The van der Waals surface area contributed by atoms with Gasteiger partial charge in [0, 0.05) is 15.1 Å². The van der Waals surface area contributed by atoms with Crippen LogP contribution in [0.25, 0.3) is 10.1 Å². The molecule has 0 atom stereocenters. The minimum Gasteiger partial charge on any atom is -0.481 e. The van der Waals surface area contributed by atoms with Crippen LogP contribution >= 0.6 is 22.9 Å². The van der Waals surface area contributed by atoms with Gasteiger partial charge in [-0.05, 0) is 23.1 Å². The SMILES string of the molecule is O=C(O)Cc1csc2cccc(Cl)c12. The van der Waals surface area contributed by atoms with Gasteiger partial charge in [-0.2, -0.15) is 0 Å². The van der Waals surface area contributed by atoms with E-state index in [1.54, 1.807) is 6.07 Å². The minimum atomic E-state index is -0.829. The Morgan fingerprint density at radius 1 is 1.50 bits per heavy atom. The van der Waals surface area contributed by atoms with E-state index in [1.807, 2.05) is 17.5 Å². The van der Waals surface area contributed by atoms with E-state index in [4.69, 9.17) is 16.7 Å². The Balaban J connectivity index is 2.61. The Morgan fingerprint density at radius 3 is 3.00 bits per heavy atom. The van der Waals surface area contributed by atoms with E-state index in [0.29, 0.717) is 5.02 Å². The van der Waals surface area contributed by atoms with Crippen LogP contribution in [0.4, 0.5) is 0 Å². The van der Waals surface area contributed by atoms with E-state index < -0.39 is 5.97 Å². The van der Waals surface area contributed by atoms with Gasteiger partial charge in [0.2, 0.25) is 0 Å². The third-order valence-corrected chi connectivity index (χ3v) is 3.28. The average molecular weight is 227 g/mol. The number of hydrogen-bond acceptors (Lipinski definition) is 2. The normalized spacial score (nSPS) is 10.6. The molecule has 2 aromatic rings. The molecule has 72 valence electrons. The van der Waals surface area contributed by atoms with Crippen molar-refractivity contribution in [3.63, 3.8) is 0 Å². The lowest BCUT2D eigenvalue weighted by Gasteiger charge is -1.97. The van der Waals surface area contributed by atoms with Gasteiger partial charge in [-0.1, -0.05) is 17.7 Å². The first-order chi connectivity index (χ1) is 6.68. The fraction of sp³-hybridized carbons (Fsp3) is 0.100. The fourth-order valence-electron chi connectivity index (χ4n) is 1.40. The van der Waals surface area contributed by atoms with E-state index >= 15 is 0 Å². The highest BCUT2D eigenvalue weighted by Crippen LogP contribution is 2.32. The number of halogens is 1. The number of carboxylic acids is 1. The number of aliphatic carboxylic acids is 1. The topological polar surface area (TPSA) is 37.3 Å². The summed E-state index contributed by atoms with van der Waals surface area (Å²) in [5, 5.41) is 12.1. The molecule has 0 aliphatic heterocycles. The second-order valence-electron chi connectivity index (χ2n) is 2.94. The molecule has 0 saturated heterocycles. The van der Waals surface area contributed by atoms with Crippen molar-refractivity contribution in [2.24, 2.45) is 0 Å². The number of carbonyl (C=O) groups is 1. The van der Waals surface area contributed by atoms with E-state index in [1.165, 1.54) is 11.3 Å². The van der Waals surface area contributed by atoms with Crippen LogP contribution < -0.4 is 0 Å². The van der Waals surface area contributed by atoms with Crippen LogP contribution in [0.5, 0.6) is 0 Å². The molecule has 1 aromatic heterocycles. The van der Waals surface area contributed by atoms with E-state index in [0.717, 1.165) is 15.6 Å². The summed E-state index contributed by atoms with van der Waals surface area (Å²) in [5.74, 6) is -0.829. The molecule has 1 N–H and O–H groups in total. The van der Waals surface area contributed by atoms with Crippen LogP contribution in [0.1, 0.15) is 5.56 Å². The average Bonchev–Trinajstić information content (AvgIpc) is 2.49. The molecule has 0 aliphatic carbocycles. The summed E-state index contributed by atoms with van der Waals surface area (Å²) >= 11 is 7.52. The van der Waals surface area contributed by atoms with Crippen LogP contribution in [-0.2, 0) is 11.2 Å². The third kappa shape index (κ3) is 1.61. The molecule has 0 aliphatic rings. The summed E-state index contributed by atoms with van der Waals surface area (Å²) in [6, 6.07) is 5.59. The Bertz CT molecular complexity index is 490. The number of hydrogen-bond donors (Lipinski definition) is 1. The van der Waals surface area contributed by atoms with E-state index in [-0.39, 0.29) is 6.42 Å². The monoisotopic (exact) mass is 226 g/mol. The first-order valence-electron chi connectivity index (χ1n) is 4.05. The maximum atomic E-state index is 10.6. The molecular formula is C10H7ClO2S. The summed E-state index contributed by atoms with van der Waals surface area (Å²) < 4.78 is 1.04. The van der Waals surface area contributed by atoms with Gasteiger partial charge in [-0.15, -0.1) is 11.3 Å². The number of benzene rings is 1. The van der Waals surface area contributed by atoms with E-state index in [2.05, 4.69) is 0 Å². The van der Waals surface area contributed by atoms with Crippen molar-refractivity contribution in [3.05, 3.63) is 34.2 Å². The van der Waals surface area contributed by atoms with Crippen LogP contribution in [0, 0.1) is 0 Å². The van der Waals surface area contributed by atoms with Crippen LogP contribution in [0.2, 0.25) is 5.02 Å². The number of rotatable bonds is 2. The number of fused-ring (bicyclic) bond motifs is 1. The van der Waals surface area contributed by atoms with Crippen molar-refractivity contribution in [2.45, 2.75) is 6.42 Å². The van der Waals surface area contributed by atoms with E-state index in [9.17, 15) is 4.79 Å². The highest BCUT2D eigenvalue weighted by molar-refractivity contribution is 7.17. The van der Waals surface area contributed by atoms with Crippen molar-refractivity contribution in [1.29, 1.82) is 0 Å². The maximum Gasteiger partial charge on any atom is 0.307 e. The Hall–Kier alpha value is -1.06. The van der Waals surface area contributed by atoms with Crippen molar-refractivity contribution in [1.82, 2.24) is 0 Å². The number of thiophene rings is 1. The Kier molecular flexibility index (Phi) is 2.44. The Morgan fingerprint density at radius 2 is 2.29 bits per heavy atom. The van der Waals surface area contributed by atoms with Gasteiger partial charge in [0.05, 0.1) is 6.42 Å². The van der Waals surface area contributed by atoms with Gasteiger partial charge in [-0.25, -0.2) is 0 Å². The highest BCUT2D eigenvalue weighted by Gasteiger charge is 2.09. The second kappa shape index (κ2) is 3.59. The lowest BCUT2D eigenvalue weighted by Crippen LogP contribution is -1.98. The standard InChI is InChI=1S/C10H7ClO2S/c11-7-2-1-3-8-10(7)6(5-14-8)4-9(12)13/h1-3,5H,4H2,(H,12,13). The summed E-state index contributed by atoms with van der Waals surface area (Å²) in [4.78, 5) is 10.6. The molecule has 0 amide bonds. The molecule has 2 nitrogen and oxygen atoms in total. The van der Waals surface area contributed by atoms with Crippen molar-refractivity contribution in [2.75, 3.05) is 0 Å². The summed E-state index contributed by atoms with van der Waals surface area (Å²) in [6.45, 7) is 0. The zero-order valence-corrected chi connectivity index (χ0v) is 8.73. The largest absolute Gasteiger partial charge is 0.481 e. The van der Waals surface area contributed by atoms with Gasteiger partial charge in [0.1, 0.15) is 0 Å². The van der Waals surface area contributed by atoms with Gasteiger partial charge >= 0.3 is 5.97 Å².